The van der Waals surface area contributed by atoms with E-state index in [0.717, 1.165) is 5.69 Å². The van der Waals surface area contributed by atoms with Gasteiger partial charge in [-0.3, -0.25) is 0 Å². The van der Waals surface area contributed by atoms with E-state index in [1.807, 2.05) is 13.8 Å². The molecule has 1 nitrogen and oxygen atoms in total. The molecule has 0 heterocycles. The topological polar surface area (TPSA) is 3.24 Å². The van der Waals surface area contributed by atoms with Gasteiger partial charge < -0.3 is 4.90 Å². The maximum atomic E-state index is 2.51. The summed E-state index contributed by atoms with van der Waals surface area (Å²) in [5, 5.41) is 15.3. The normalized spacial score (nSPS) is 11.1. The van der Waals surface area contributed by atoms with Crippen LogP contribution in [0.2, 0.25) is 0 Å². The van der Waals surface area contributed by atoms with Crippen molar-refractivity contribution in [3.63, 3.8) is 0 Å². The van der Waals surface area contributed by atoms with Crippen molar-refractivity contribution < 1.29 is 0 Å². The van der Waals surface area contributed by atoms with Crippen molar-refractivity contribution in [3.05, 3.63) is 258 Å². The first-order valence-corrected chi connectivity index (χ1v) is 25.9. The maximum Gasteiger partial charge on any atom is 0.0619 e. The Labute approximate surface area is 428 Å². The van der Waals surface area contributed by atoms with E-state index in [9.17, 15) is 0 Å². The van der Waals surface area contributed by atoms with Crippen LogP contribution < -0.4 is 4.90 Å². The highest BCUT2D eigenvalue weighted by atomic mass is 15.1. The Morgan fingerprint density at radius 2 is 0.653 bits per heavy atom. The van der Waals surface area contributed by atoms with Crippen LogP contribution in [0.1, 0.15) is 81.2 Å². The van der Waals surface area contributed by atoms with E-state index in [2.05, 4.69) is 284 Å². The largest absolute Gasteiger partial charge is 0.309 e. The molecular formula is C71H67N. The molecule has 12 aromatic carbocycles. The quantitative estimate of drug-likeness (QED) is 0.150. The van der Waals surface area contributed by atoms with Crippen LogP contribution in [0.15, 0.2) is 231 Å². The Morgan fingerprint density at radius 1 is 0.306 bits per heavy atom. The molecule has 0 aliphatic rings. The first-order valence-electron chi connectivity index (χ1n) is 25.9. The molecule has 12 aromatic rings. The molecule has 0 atom stereocenters. The number of anilines is 3. The molecule has 0 N–H and O–H groups in total. The zero-order chi connectivity index (χ0) is 50.3. The van der Waals surface area contributed by atoms with Crippen molar-refractivity contribution in [3.8, 4) is 11.1 Å². The first-order chi connectivity index (χ1) is 35.2. The Bertz CT molecular complexity index is 3680. The van der Waals surface area contributed by atoms with Crippen LogP contribution in [-0.2, 0) is 0 Å². The third-order valence-electron chi connectivity index (χ3n) is 14.2. The number of hydrogen-bond acceptors (Lipinski definition) is 1. The fourth-order valence-corrected chi connectivity index (χ4v) is 10.4. The minimum atomic E-state index is 0.458. The zero-order valence-electron chi connectivity index (χ0n) is 43.5. The molecule has 0 fully saturated rings. The molecule has 12 rings (SSSR count). The number of fused-ring (bicyclic) bond motifs is 6. The molecule has 0 aromatic heterocycles. The lowest BCUT2D eigenvalue weighted by molar-refractivity contribution is 0.866. The van der Waals surface area contributed by atoms with Gasteiger partial charge in [0.25, 0.3) is 0 Å². The molecule has 0 spiro atoms. The molecule has 0 radical (unpaired) electrons. The average Bonchev–Trinajstić information content (AvgIpc) is 3.43. The van der Waals surface area contributed by atoms with Gasteiger partial charge in [-0.05, 0) is 133 Å². The summed E-state index contributed by atoms with van der Waals surface area (Å²) in [5.41, 5.74) is 12.9. The Hall–Kier alpha value is -8.00. The van der Waals surface area contributed by atoms with Crippen molar-refractivity contribution in [1.82, 2.24) is 0 Å². The standard InChI is InChI=1S/C48H37N.C11H10.C10H14.C2H6/c1-31(2)33-27-29-35(30-28-33)49(45-26-14-16-34-15-4-5-19-38(34)45)48-43-24-12-10-22-41(43)47(42-23-11-13-25-44(42)48)46-39-20-8-6-17-36(39)32(3)37-18-7-9-21-40(37)46;1-9-5-4-7-10-6-2-3-8-11(9)10;1-8(2)10-6-4-9(3)5-7-10;1-2/h4-31H,1-3H3;2-8H,1H3;4-8H,1-3H3;1-2H3. The molecule has 0 unspecified atom stereocenters. The molecule has 0 saturated heterocycles. The Kier molecular flexibility index (Phi) is 14.9. The predicted octanol–water partition coefficient (Wildman–Crippen LogP) is 21.3. The molecule has 72 heavy (non-hydrogen) atoms. The monoisotopic (exact) mass is 934 g/mol. The Morgan fingerprint density at radius 3 is 1.11 bits per heavy atom. The summed E-state index contributed by atoms with van der Waals surface area (Å²) in [5.74, 6) is 1.11. The van der Waals surface area contributed by atoms with Gasteiger partial charge in [0.1, 0.15) is 0 Å². The lowest BCUT2D eigenvalue weighted by Crippen LogP contribution is -2.12. The van der Waals surface area contributed by atoms with Crippen LogP contribution in [0.25, 0.3) is 75.8 Å². The third kappa shape index (κ3) is 9.73. The highest BCUT2D eigenvalue weighted by Crippen LogP contribution is 2.51. The number of rotatable bonds is 6. The summed E-state index contributed by atoms with van der Waals surface area (Å²) >= 11 is 0. The van der Waals surface area contributed by atoms with Crippen molar-refractivity contribution in [2.24, 2.45) is 0 Å². The maximum absolute atomic E-state index is 2.51. The highest BCUT2D eigenvalue weighted by molar-refractivity contribution is 6.28. The molecule has 0 aliphatic carbocycles. The zero-order valence-corrected chi connectivity index (χ0v) is 43.5. The minimum absolute atomic E-state index is 0.458. The van der Waals surface area contributed by atoms with Gasteiger partial charge in [0.2, 0.25) is 0 Å². The van der Waals surface area contributed by atoms with E-state index < -0.39 is 0 Å². The fourth-order valence-electron chi connectivity index (χ4n) is 10.4. The van der Waals surface area contributed by atoms with Crippen molar-refractivity contribution >= 4 is 81.7 Å². The number of aryl methyl sites for hydroxylation is 3. The van der Waals surface area contributed by atoms with Gasteiger partial charge in [0.05, 0.1) is 11.4 Å². The smallest absolute Gasteiger partial charge is 0.0619 e. The summed E-state index contributed by atoms with van der Waals surface area (Å²) in [6, 6.07) is 84.1. The van der Waals surface area contributed by atoms with Gasteiger partial charge in [0, 0.05) is 21.8 Å². The highest BCUT2D eigenvalue weighted by Gasteiger charge is 2.25. The summed E-state index contributed by atoms with van der Waals surface area (Å²) in [4.78, 5) is 2.51. The number of benzene rings is 12. The van der Waals surface area contributed by atoms with Crippen LogP contribution in [0.5, 0.6) is 0 Å². The fraction of sp³-hybridized carbons (Fsp3) is 0.155. The lowest BCUT2D eigenvalue weighted by Gasteiger charge is -2.31. The van der Waals surface area contributed by atoms with Crippen molar-refractivity contribution in [1.29, 1.82) is 0 Å². The van der Waals surface area contributed by atoms with Crippen LogP contribution in [0, 0.1) is 20.8 Å². The summed E-state index contributed by atoms with van der Waals surface area (Å²) in [6.07, 6.45) is 0. The van der Waals surface area contributed by atoms with Gasteiger partial charge in [0.15, 0.2) is 0 Å². The second-order valence-electron chi connectivity index (χ2n) is 19.3. The van der Waals surface area contributed by atoms with Gasteiger partial charge in [-0.15, -0.1) is 0 Å². The minimum Gasteiger partial charge on any atom is -0.309 e. The van der Waals surface area contributed by atoms with E-state index in [4.69, 9.17) is 0 Å². The predicted molar refractivity (Wildman–Crippen MR) is 318 cm³/mol. The summed E-state index contributed by atoms with van der Waals surface area (Å²) in [7, 11) is 0. The summed E-state index contributed by atoms with van der Waals surface area (Å²) in [6.45, 7) is 19.5. The molecule has 0 saturated carbocycles. The van der Waals surface area contributed by atoms with E-state index in [1.165, 1.54) is 115 Å². The third-order valence-corrected chi connectivity index (χ3v) is 14.2. The van der Waals surface area contributed by atoms with E-state index in [-0.39, 0.29) is 0 Å². The van der Waals surface area contributed by atoms with Crippen LogP contribution in [0.3, 0.4) is 0 Å². The second kappa shape index (κ2) is 22.0. The van der Waals surface area contributed by atoms with Gasteiger partial charge >= 0.3 is 0 Å². The molecule has 356 valence electrons. The van der Waals surface area contributed by atoms with Crippen molar-refractivity contribution in [2.45, 2.75) is 74.1 Å². The van der Waals surface area contributed by atoms with Crippen molar-refractivity contribution in [2.75, 3.05) is 4.90 Å². The van der Waals surface area contributed by atoms with Gasteiger partial charge in [-0.1, -0.05) is 259 Å². The molecule has 0 bridgehead atoms. The Balaban J connectivity index is 0.000000228. The molecular weight excluding hydrogens is 867 g/mol. The van der Waals surface area contributed by atoms with Crippen LogP contribution >= 0.6 is 0 Å². The number of hydrogen-bond donors (Lipinski definition) is 0. The van der Waals surface area contributed by atoms with Crippen LogP contribution in [0.4, 0.5) is 17.1 Å². The van der Waals surface area contributed by atoms with Gasteiger partial charge in [-0.2, -0.15) is 0 Å². The molecule has 0 amide bonds. The number of nitrogens with zero attached hydrogens (tertiary/aromatic N) is 1. The molecule has 1 heteroatoms. The average molecular weight is 934 g/mol. The summed E-state index contributed by atoms with van der Waals surface area (Å²) < 4.78 is 0. The SMILES string of the molecule is CC.Cc1c2ccccc2c(-c2c3ccccc3c(N(c3ccc(C(C)C)cc3)c3cccc4ccccc34)c3ccccc23)c2ccccc12.Cc1ccc(C(C)C)cc1.Cc1cccc2ccccc12. The van der Waals surface area contributed by atoms with E-state index in [0.29, 0.717) is 11.8 Å². The van der Waals surface area contributed by atoms with Gasteiger partial charge in [-0.25, -0.2) is 0 Å². The van der Waals surface area contributed by atoms with E-state index >= 15 is 0 Å². The van der Waals surface area contributed by atoms with E-state index in [1.54, 1.807) is 0 Å². The van der Waals surface area contributed by atoms with Crippen LogP contribution in [-0.4, -0.2) is 0 Å². The lowest BCUT2D eigenvalue weighted by atomic mass is 9.84. The first kappa shape index (κ1) is 49.0. The molecule has 0 aliphatic heterocycles. The second-order valence-corrected chi connectivity index (χ2v) is 19.3.